The van der Waals surface area contributed by atoms with E-state index < -0.39 is 0 Å². The number of halogens is 1. The molecule has 8 nitrogen and oxygen atoms in total. The normalized spacial score (nSPS) is 15.7. The van der Waals surface area contributed by atoms with Gasteiger partial charge in [0.2, 0.25) is 11.8 Å². The van der Waals surface area contributed by atoms with Gasteiger partial charge in [0, 0.05) is 71.2 Å². The van der Waals surface area contributed by atoms with Crippen LogP contribution in [0, 0.1) is 5.82 Å². The van der Waals surface area contributed by atoms with E-state index in [1.165, 1.54) is 12.1 Å². The van der Waals surface area contributed by atoms with Gasteiger partial charge in [-0.1, -0.05) is 30.3 Å². The van der Waals surface area contributed by atoms with Crippen molar-refractivity contribution < 1.29 is 14.0 Å². The number of nitrogens with zero attached hydrogens (tertiary/aromatic N) is 5. The highest BCUT2D eigenvalue weighted by molar-refractivity contribution is 5.92. The molecule has 0 unspecified atom stereocenters. The van der Waals surface area contributed by atoms with E-state index in [0.29, 0.717) is 32.0 Å². The molecule has 0 saturated heterocycles. The molecular formula is C27H33FN6O2. The first kappa shape index (κ1) is 25.5. The molecule has 2 heterocycles. The van der Waals surface area contributed by atoms with Gasteiger partial charge in [0.05, 0.1) is 6.54 Å². The molecule has 0 radical (unpaired) electrons. The average molecular weight is 493 g/mol. The third-order valence-electron chi connectivity index (χ3n) is 6.31. The molecule has 0 spiro atoms. The molecule has 1 aliphatic heterocycles. The maximum atomic E-state index is 13.4. The van der Waals surface area contributed by atoms with E-state index in [4.69, 9.17) is 0 Å². The Morgan fingerprint density at radius 3 is 2.44 bits per heavy atom. The topological polar surface area (TPSA) is 73.7 Å². The van der Waals surface area contributed by atoms with Crippen molar-refractivity contribution in [3.05, 3.63) is 77.7 Å². The highest BCUT2D eigenvalue weighted by Gasteiger charge is 2.21. The molecule has 9 heteroatoms. The third-order valence-corrected chi connectivity index (χ3v) is 6.31. The number of carbonyl (C=O) groups excluding carboxylic acids is 2. The van der Waals surface area contributed by atoms with Crippen molar-refractivity contribution in [3.63, 3.8) is 0 Å². The number of nitrogens with one attached hydrogen (secondary N) is 1. The Hall–Kier alpha value is -3.56. The highest BCUT2D eigenvalue weighted by Crippen LogP contribution is 2.24. The number of hydrogen-bond donors (Lipinski definition) is 1. The van der Waals surface area contributed by atoms with E-state index in [1.54, 1.807) is 43.0 Å². The van der Waals surface area contributed by atoms with Gasteiger partial charge in [-0.2, -0.15) is 5.10 Å². The van der Waals surface area contributed by atoms with Crippen molar-refractivity contribution in [1.82, 2.24) is 19.6 Å². The molecule has 0 bridgehead atoms. The van der Waals surface area contributed by atoms with Crippen LogP contribution in [0.1, 0.15) is 24.5 Å². The molecule has 190 valence electrons. The predicted molar refractivity (Wildman–Crippen MR) is 138 cm³/mol. The zero-order valence-electron chi connectivity index (χ0n) is 20.9. The van der Waals surface area contributed by atoms with Gasteiger partial charge in [-0.3, -0.25) is 24.1 Å². The Bertz CT molecular complexity index is 1180. The van der Waals surface area contributed by atoms with E-state index in [2.05, 4.69) is 20.2 Å². The Labute approximate surface area is 211 Å². The zero-order valence-corrected chi connectivity index (χ0v) is 20.9. The van der Waals surface area contributed by atoms with Gasteiger partial charge in [-0.05, 0) is 35.7 Å². The Morgan fingerprint density at radius 2 is 1.72 bits per heavy atom. The quantitative estimate of drug-likeness (QED) is 0.592. The largest absolute Gasteiger partial charge is 0.312 e. The van der Waals surface area contributed by atoms with Crippen molar-refractivity contribution in [1.29, 1.82) is 0 Å². The van der Waals surface area contributed by atoms with Crippen LogP contribution in [-0.4, -0.2) is 64.1 Å². The molecule has 0 atom stereocenters. The lowest BCUT2D eigenvalue weighted by atomic mass is 10.1. The number of anilines is 2. The number of rotatable bonds is 5. The number of aromatic nitrogens is 2. The summed E-state index contributed by atoms with van der Waals surface area (Å²) in [4.78, 5) is 31.7. The SMILES string of the molecule is CC(=O)N1CCCN(Cc2ccc(F)cc2)CCN(CC(=O)Nc2ccn(C)n2)Cc2ccccc21. The standard InChI is InChI=1S/C27H33FN6O2/c1-21(35)34-14-5-13-32(18-22-8-10-24(28)11-9-22)16-17-33(19-23-6-3-4-7-25(23)34)20-27(36)29-26-12-15-31(2)30-26/h3-4,6-12,15H,5,13-14,16-20H2,1-2H3,(H,29,30,36). The molecular weight excluding hydrogens is 459 g/mol. The Kier molecular flexibility index (Phi) is 8.45. The van der Waals surface area contributed by atoms with Crippen LogP contribution in [0.25, 0.3) is 0 Å². The first-order chi connectivity index (χ1) is 17.4. The van der Waals surface area contributed by atoms with Crippen molar-refractivity contribution in [2.75, 3.05) is 42.9 Å². The lowest BCUT2D eigenvalue weighted by Gasteiger charge is -2.27. The molecule has 2 aromatic carbocycles. The maximum absolute atomic E-state index is 13.4. The van der Waals surface area contributed by atoms with Crippen molar-refractivity contribution in [3.8, 4) is 0 Å². The van der Waals surface area contributed by atoms with Gasteiger partial charge in [0.15, 0.2) is 5.82 Å². The average Bonchev–Trinajstić information content (AvgIpc) is 3.24. The van der Waals surface area contributed by atoms with E-state index in [-0.39, 0.29) is 24.2 Å². The fourth-order valence-electron chi connectivity index (χ4n) is 4.53. The summed E-state index contributed by atoms with van der Waals surface area (Å²) in [7, 11) is 1.80. The van der Waals surface area contributed by atoms with Gasteiger partial charge < -0.3 is 10.2 Å². The predicted octanol–water partition coefficient (Wildman–Crippen LogP) is 3.26. The van der Waals surface area contributed by atoms with Crippen molar-refractivity contribution in [2.45, 2.75) is 26.4 Å². The second-order valence-corrected chi connectivity index (χ2v) is 9.19. The summed E-state index contributed by atoms with van der Waals surface area (Å²) in [6.45, 7) is 5.74. The highest BCUT2D eigenvalue weighted by atomic mass is 19.1. The summed E-state index contributed by atoms with van der Waals surface area (Å²) < 4.78 is 15.0. The second kappa shape index (κ2) is 11.9. The van der Waals surface area contributed by atoms with Gasteiger partial charge in [0.25, 0.3) is 0 Å². The Balaban J connectivity index is 1.55. The van der Waals surface area contributed by atoms with E-state index in [9.17, 15) is 14.0 Å². The van der Waals surface area contributed by atoms with Gasteiger partial charge >= 0.3 is 0 Å². The number of hydrogen-bond acceptors (Lipinski definition) is 5. The van der Waals surface area contributed by atoms with E-state index in [1.807, 2.05) is 29.2 Å². The summed E-state index contributed by atoms with van der Waals surface area (Å²) in [5.74, 6) is 0.110. The fraction of sp³-hybridized carbons (Fsp3) is 0.370. The second-order valence-electron chi connectivity index (χ2n) is 9.19. The van der Waals surface area contributed by atoms with Gasteiger partial charge in [-0.15, -0.1) is 0 Å². The molecule has 2 amide bonds. The van der Waals surface area contributed by atoms with Crippen molar-refractivity contribution >= 4 is 23.3 Å². The molecule has 1 aliphatic rings. The summed E-state index contributed by atoms with van der Waals surface area (Å²) in [5, 5.41) is 7.10. The first-order valence-corrected chi connectivity index (χ1v) is 12.2. The van der Waals surface area contributed by atoms with Gasteiger partial charge in [0.1, 0.15) is 5.82 Å². The molecule has 0 fully saturated rings. The molecule has 4 rings (SSSR count). The number of aryl methyl sites for hydroxylation is 1. The number of carbonyl (C=O) groups is 2. The third kappa shape index (κ3) is 6.99. The summed E-state index contributed by atoms with van der Waals surface area (Å²) >= 11 is 0. The monoisotopic (exact) mass is 492 g/mol. The maximum Gasteiger partial charge on any atom is 0.239 e. The molecule has 3 aromatic rings. The Morgan fingerprint density at radius 1 is 0.972 bits per heavy atom. The first-order valence-electron chi connectivity index (χ1n) is 12.2. The summed E-state index contributed by atoms with van der Waals surface area (Å²) in [6.07, 6.45) is 2.58. The smallest absolute Gasteiger partial charge is 0.239 e. The van der Waals surface area contributed by atoms with Crippen LogP contribution in [0.2, 0.25) is 0 Å². The van der Waals surface area contributed by atoms with Crippen LogP contribution >= 0.6 is 0 Å². The molecule has 0 aliphatic carbocycles. The van der Waals surface area contributed by atoms with Crippen molar-refractivity contribution in [2.24, 2.45) is 7.05 Å². The number of para-hydroxylation sites is 1. The minimum atomic E-state index is -0.254. The van der Waals surface area contributed by atoms with Crippen LogP contribution in [0.5, 0.6) is 0 Å². The lowest BCUT2D eigenvalue weighted by Crippen LogP contribution is -2.39. The number of benzene rings is 2. The summed E-state index contributed by atoms with van der Waals surface area (Å²) in [6, 6.07) is 16.2. The van der Waals surface area contributed by atoms with Crippen LogP contribution in [0.15, 0.2) is 60.8 Å². The fourth-order valence-corrected chi connectivity index (χ4v) is 4.53. The van der Waals surface area contributed by atoms with E-state index in [0.717, 1.165) is 36.3 Å². The van der Waals surface area contributed by atoms with Crippen LogP contribution in [0.4, 0.5) is 15.9 Å². The zero-order chi connectivity index (χ0) is 25.5. The molecule has 1 aromatic heterocycles. The van der Waals surface area contributed by atoms with Gasteiger partial charge in [-0.25, -0.2) is 4.39 Å². The van der Waals surface area contributed by atoms with Crippen LogP contribution < -0.4 is 10.2 Å². The number of fused-ring (bicyclic) bond motifs is 1. The lowest BCUT2D eigenvalue weighted by molar-refractivity contribution is -0.118. The summed E-state index contributed by atoms with van der Waals surface area (Å²) in [5.41, 5.74) is 2.91. The van der Waals surface area contributed by atoms with Crippen LogP contribution in [-0.2, 0) is 29.7 Å². The minimum Gasteiger partial charge on any atom is -0.312 e. The minimum absolute atomic E-state index is 0.00812. The van der Waals surface area contributed by atoms with Crippen LogP contribution in [0.3, 0.4) is 0 Å². The van der Waals surface area contributed by atoms with E-state index >= 15 is 0 Å². The molecule has 1 N–H and O–H groups in total. The molecule has 0 saturated carbocycles. The number of amides is 2. The molecule has 36 heavy (non-hydrogen) atoms.